The minimum Gasteiger partial charge on any atom is -0.380 e. The molecule has 1 aromatic carbocycles. The van der Waals surface area contributed by atoms with Crippen molar-refractivity contribution in [3.8, 4) is 0 Å². The molecule has 2 rings (SSSR count). The fourth-order valence-electron chi connectivity index (χ4n) is 1.89. The SMILES string of the molecule is Cc1cc(C)c(CNc2ccc(Br)nc2)cc1C. The Morgan fingerprint density at radius 1 is 1.06 bits per heavy atom. The van der Waals surface area contributed by atoms with Crippen molar-refractivity contribution in [1.82, 2.24) is 4.98 Å². The largest absolute Gasteiger partial charge is 0.380 e. The molecule has 0 radical (unpaired) electrons. The Morgan fingerprint density at radius 3 is 2.44 bits per heavy atom. The molecule has 3 heteroatoms. The van der Waals surface area contributed by atoms with Crippen LogP contribution in [0.3, 0.4) is 0 Å². The number of anilines is 1. The molecule has 0 atom stereocenters. The maximum absolute atomic E-state index is 4.20. The topological polar surface area (TPSA) is 24.9 Å². The minimum absolute atomic E-state index is 0.830. The van der Waals surface area contributed by atoms with Crippen molar-refractivity contribution >= 4 is 21.6 Å². The van der Waals surface area contributed by atoms with Gasteiger partial charge in [-0.15, -0.1) is 0 Å². The summed E-state index contributed by atoms with van der Waals surface area (Å²) in [6.45, 7) is 7.29. The number of nitrogens with zero attached hydrogens (tertiary/aromatic N) is 1. The molecule has 2 nitrogen and oxygen atoms in total. The van der Waals surface area contributed by atoms with Gasteiger partial charge in [-0.3, -0.25) is 0 Å². The van der Waals surface area contributed by atoms with Crippen LogP contribution in [0.15, 0.2) is 35.1 Å². The Hall–Kier alpha value is -1.35. The highest BCUT2D eigenvalue weighted by Crippen LogP contribution is 2.17. The highest BCUT2D eigenvalue weighted by molar-refractivity contribution is 9.10. The van der Waals surface area contributed by atoms with E-state index >= 15 is 0 Å². The summed E-state index contributed by atoms with van der Waals surface area (Å²) in [6, 6.07) is 8.46. The van der Waals surface area contributed by atoms with E-state index in [0.717, 1.165) is 16.8 Å². The van der Waals surface area contributed by atoms with Gasteiger partial charge >= 0.3 is 0 Å². The van der Waals surface area contributed by atoms with E-state index in [0.29, 0.717) is 0 Å². The summed E-state index contributed by atoms with van der Waals surface area (Å²) in [5.41, 5.74) is 6.39. The smallest absolute Gasteiger partial charge is 0.106 e. The van der Waals surface area contributed by atoms with E-state index in [9.17, 15) is 0 Å². The number of aromatic nitrogens is 1. The molecule has 1 heterocycles. The molecule has 18 heavy (non-hydrogen) atoms. The quantitative estimate of drug-likeness (QED) is 0.851. The van der Waals surface area contributed by atoms with Crippen LogP contribution >= 0.6 is 15.9 Å². The van der Waals surface area contributed by atoms with Gasteiger partial charge < -0.3 is 5.32 Å². The number of hydrogen-bond donors (Lipinski definition) is 1. The lowest BCUT2D eigenvalue weighted by Gasteiger charge is -2.11. The Balaban J connectivity index is 2.10. The normalized spacial score (nSPS) is 10.4. The Morgan fingerprint density at radius 2 is 1.78 bits per heavy atom. The van der Waals surface area contributed by atoms with Gasteiger partial charge in [0.1, 0.15) is 4.60 Å². The molecular weight excluding hydrogens is 288 g/mol. The number of hydrogen-bond acceptors (Lipinski definition) is 2. The molecule has 0 amide bonds. The lowest BCUT2D eigenvalue weighted by molar-refractivity contribution is 1.09. The van der Waals surface area contributed by atoms with Crippen molar-refractivity contribution in [3.63, 3.8) is 0 Å². The maximum atomic E-state index is 4.20. The first-order valence-corrected chi connectivity index (χ1v) is 6.77. The average Bonchev–Trinajstić information content (AvgIpc) is 2.34. The van der Waals surface area contributed by atoms with Crippen LogP contribution in [0, 0.1) is 20.8 Å². The van der Waals surface area contributed by atoms with Crippen LogP contribution in [0.5, 0.6) is 0 Å². The van der Waals surface area contributed by atoms with Crippen LogP contribution in [0.2, 0.25) is 0 Å². The zero-order valence-corrected chi connectivity index (χ0v) is 12.5. The number of nitrogens with one attached hydrogen (secondary N) is 1. The molecule has 0 saturated heterocycles. The van der Waals surface area contributed by atoms with Gasteiger partial charge in [-0.1, -0.05) is 12.1 Å². The van der Waals surface area contributed by atoms with Crippen LogP contribution < -0.4 is 5.32 Å². The Labute approximate surface area is 117 Å². The highest BCUT2D eigenvalue weighted by atomic mass is 79.9. The van der Waals surface area contributed by atoms with Crippen molar-refractivity contribution < 1.29 is 0 Å². The van der Waals surface area contributed by atoms with Crippen LogP contribution in [0.4, 0.5) is 5.69 Å². The van der Waals surface area contributed by atoms with Crippen LogP contribution in [0.25, 0.3) is 0 Å². The van der Waals surface area contributed by atoms with E-state index in [-0.39, 0.29) is 0 Å². The van der Waals surface area contributed by atoms with Crippen molar-refractivity contribution in [2.24, 2.45) is 0 Å². The van der Waals surface area contributed by atoms with Crippen LogP contribution in [-0.2, 0) is 6.54 Å². The van der Waals surface area contributed by atoms with Gasteiger partial charge in [0, 0.05) is 6.54 Å². The van der Waals surface area contributed by atoms with Gasteiger partial charge in [0.15, 0.2) is 0 Å². The summed E-state index contributed by atoms with van der Waals surface area (Å²) in [4.78, 5) is 4.20. The van der Waals surface area contributed by atoms with E-state index in [1.165, 1.54) is 22.3 Å². The summed E-state index contributed by atoms with van der Waals surface area (Å²) in [7, 11) is 0. The Bertz CT molecular complexity index is 547. The maximum Gasteiger partial charge on any atom is 0.106 e. The lowest BCUT2D eigenvalue weighted by atomic mass is 10.0. The van der Waals surface area contributed by atoms with Gasteiger partial charge in [0.25, 0.3) is 0 Å². The molecule has 2 aromatic rings. The minimum atomic E-state index is 0.830. The summed E-state index contributed by atoms with van der Waals surface area (Å²) in [5, 5.41) is 3.39. The molecule has 1 N–H and O–H groups in total. The van der Waals surface area contributed by atoms with Gasteiger partial charge in [-0.25, -0.2) is 4.98 Å². The molecule has 0 aliphatic heterocycles. The molecule has 94 valence electrons. The van der Waals surface area contributed by atoms with Gasteiger partial charge in [0.05, 0.1) is 11.9 Å². The van der Waals surface area contributed by atoms with E-state index in [2.05, 4.69) is 59.1 Å². The third-order valence-corrected chi connectivity index (χ3v) is 3.63. The molecule has 0 saturated carbocycles. The zero-order chi connectivity index (χ0) is 13.1. The summed E-state index contributed by atoms with van der Waals surface area (Å²) >= 11 is 3.33. The predicted octanol–water partition coefficient (Wildman–Crippen LogP) is 4.38. The van der Waals surface area contributed by atoms with Crippen molar-refractivity contribution in [3.05, 3.63) is 57.3 Å². The standard InChI is InChI=1S/C15H17BrN2/c1-10-6-12(3)13(7-11(10)2)8-17-14-4-5-15(16)18-9-14/h4-7,9,17H,8H2,1-3H3. The molecule has 0 bridgehead atoms. The first-order valence-electron chi connectivity index (χ1n) is 5.98. The van der Waals surface area contributed by atoms with E-state index in [1.54, 1.807) is 0 Å². The molecule has 0 fully saturated rings. The second kappa shape index (κ2) is 5.53. The van der Waals surface area contributed by atoms with Crippen molar-refractivity contribution in [2.75, 3.05) is 5.32 Å². The lowest BCUT2D eigenvalue weighted by Crippen LogP contribution is -2.02. The van der Waals surface area contributed by atoms with E-state index in [1.807, 2.05) is 18.3 Å². The van der Waals surface area contributed by atoms with Crippen molar-refractivity contribution in [2.45, 2.75) is 27.3 Å². The molecule has 0 aliphatic rings. The monoisotopic (exact) mass is 304 g/mol. The number of benzene rings is 1. The fraction of sp³-hybridized carbons (Fsp3) is 0.267. The second-order valence-electron chi connectivity index (χ2n) is 4.59. The summed E-state index contributed by atoms with van der Waals surface area (Å²) < 4.78 is 0.857. The third-order valence-electron chi connectivity index (χ3n) is 3.16. The number of halogens is 1. The van der Waals surface area contributed by atoms with Crippen LogP contribution in [0.1, 0.15) is 22.3 Å². The number of pyridine rings is 1. The first-order chi connectivity index (χ1) is 8.56. The zero-order valence-electron chi connectivity index (χ0n) is 10.9. The van der Waals surface area contributed by atoms with Crippen LogP contribution in [-0.4, -0.2) is 4.98 Å². The van der Waals surface area contributed by atoms with E-state index < -0.39 is 0 Å². The van der Waals surface area contributed by atoms with Gasteiger partial charge in [-0.2, -0.15) is 0 Å². The molecular formula is C15H17BrN2. The predicted molar refractivity (Wildman–Crippen MR) is 79.9 cm³/mol. The third kappa shape index (κ3) is 3.10. The summed E-state index contributed by atoms with van der Waals surface area (Å²) in [5.74, 6) is 0. The van der Waals surface area contributed by atoms with Crippen molar-refractivity contribution in [1.29, 1.82) is 0 Å². The average molecular weight is 305 g/mol. The molecule has 0 spiro atoms. The van der Waals surface area contributed by atoms with E-state index in [4.69, 9.17) is 0 Å². The van der Waals surface area contributed by atoms with Gasteiger partial charge in [-0.05, 0) is 71.1 Å². The molecule has 0 unspecified atom stereocenters. The second-order valence-corrected chi connectivity index (χ2v) is 5.40. The Kier molecular flexibility index (Phi) is 4.02. The first kappa shape index (κ1) is 13.1. The highest BCUT2D eigenvalue weighted by Gasteiger charge is 2.02. The fourth-order valence-corrected chi connectivity index (χ4v) is 2.12. The number of aryl methyl sites for hydroxylation is 3. The number of rotatable bonds is 3. The van der Waals surface area contributed by atoms with Gasteiger partial charge in [0.2, 0.25) is 0 Å². The molecule has 1 aromatic heterocycles. The summed E-state index contributed by atoms with van der Waals surface area (Å²) in [6.07, 6.45) is 1.83. The molecule has 0 aliphatic carbocycles.